The van der Waals surface area contributed by atoms with Gasteiger partial charge in [-0.05, 0) is 23.8 Å². The van der Waals surface area contributed by atoms with Gasteiger partial charge in [0.15, 0.2) is 11.5 Å². The van der Waals surface area contributed by atoms with Crippen LogP contribution in [0.3, 0.4) is 0 Å². The van der Waals surface area contributed by atoms with Gasteiger partial charge in [0.2, 0.25) is 0 Å². The van der Waals surface area contributed by atoms with Crippen molar-refractivity contribution in [3.05, 3.63) is 87.6 Å². The SMILES string of the molecule is C=N/C(=C(/CO)N(C)C)c1ccc(Cn2c(=O)[nH]c3cnc(-c4ccccc4C(C)C)nc32)cc1. The molecule has 8 heteroatoms. The molecule has 0 saturated heterocycles. The molecule has 0 spiro atoms. The van der Waals surface area contributed by atoms with Crippen molar-refractivity contribution >= 4 is 23.6 Å². The smallest absolute Gasteiger partial charge is 0.328 e. The number of hydrogen-bond acceptors (Lipinski definition) is 6. The Balaban J connectivity index is 1.71. The number of likely N-dealkylation sites (N-methyl/N-ethyl adjacent to an activating group) is 1. The quantitative estimate of drug-likeness (QED) is 0.381. The van der Waals surface area contributed by atoms with Gasteiger partial charge in [0.1, 0.15) is 5.52 Å². The van der Waals surface area contributed by atoms with Crippen LogP contribution in [-0.4, -0.2) is 56.9 Å². The Kier molecular flexibility index (Phi) is 6.93. The molecule has 4 rings (SSSR count). The summed E-state index contributed by atoms with van der Waals surface area (Å²) in [4.78, 5) is 30.9. The molecule has 0 atom stereocenters. The molecule has 0 fully saturated rings. The molecule has 2 aromatic carbocycles. The van der Waals surface area contributed by atoms with Crippen LogP contribution in [0, 0.1) is 0 Å². The molecule has 0 unspecified atom stereocenters. The summed E-state index contributed by atoms with van der Waals surface area (Å²) in [5, 5.41) is 9.73. The predicted molar refractivity (Wildman–Crippen MR) is 140 cm³/mol. The van der Waals surface area contributed by atoms with Gasteiger partial charge in [-0.3, -0.25) is 9.56 Å². The Bertz CT molecular complexity index is 1440. The van der Waals surface area contributed by atoms with Crippen molar-refractivity contribution in [3.8, 4) is 11.4 Å². The zero-order valence-electron chi connectivity index (χ0n) is 20.5. The number of H-pyrrole nitrogens is 1. The van der Waals surface area contributed by atoms with E-state index in [2.05, 4.69) is 41.6 Å². The number of imidazole rings is 1. The lowest BCUT2D eigenvalue weighted by Crippen LogP contribution is -2.18. The van der Waals surface area contributed by atoms with Gasteiger partial charge in [-0.2, -0.15) is 0 Å². The zero-order chi connectivity index (χ0) is 25.1. The van der Waals surface area contributed by atoms with Gasteiger partial charge < -0.3 is 15.0 Å². The Labute approximate surface area is 204 Å². The minimum atomic E-state index is -0.240. The first-order valence-corrected chi connectivity index (χ1v) is 11.5. The maximum absolute atomic E-state index is 12.8. The van der Waals surface area contributed by atoms with Crippen LogP contribution >= 0.6 is 0 Å². The highest BCUT2D eigenvalue weighted by Crippen LogP contribution is 2.27. The summed E-state index contributed by atoms with van der Waals surface area (Å²) in [6.45, 7) is 8.14. The molecule has 0 aliphatic heterocycles. The first kappa shape index (κ1) is 24.1. The van der Waals surface area contributed by atoms with Gasteiger partial charge in [-0.25, -0.2) is 14.8 Å². The maximum atomic E-state index is 12.8. The van der Waals surface area contributed by atoms with E-state index in [1.165, 1.54) is 0 Å². The van der Waals surface area contributed by atoms with E-state index >= 15 is 0 Å². The average molecular weight is 471 g/mol. The maximum Gasteiger partial charge on any atom is 0.328 e. The molecule has 35 heavy (non-hydrogen) atoms. The van der Waals surface area contributed by atoms with Crippen LogP contribution in [0.1, 0.15) is 36.5 Å². The number of nitrogens with zero attached hydrogens (tertiary/aromatic N) is 5. The van der Waals surface area contributed by atoms with E-state index in [4.69, 9.17) is 4.98 Å². The molecule has 8 nitrogen and oxygen atoms in total. The zero-order valence-corrected chi connectivity index (χ0v) is 20.5. The first-order valence-electron chi connectivity index (χ1n) is 11.5. The molecule has 180 valence electrons. The van der Waals surface area contributed by atoms with Gasteiger partial charge in [0, 0.05) is 25.2 Å². The lowest BCUT2D eigenvalue weighted by atomic mass is 9.97. The van der Waals surface area contributed by atoms with Crippen molar-refractivity contribution in [2.75, 3.05) is 20.7 Å². The van der Waals surface area contributed by atoms with Gasteiger partial charge in [0.05, 0.1) is 30.7 Å². The molecule has 2 heterocycles. The highest BCUT2D eigenvalue weighted by molar-refractivity contribution is 5.74. The van der Waals surface area contributed by atoms with E-state index in [1.807, 2.05) is 61.5 Å². The molecular formula is C27H30N6O2. The van der Waals surface area contributed by atoms with Crippen molar-refractivity contribution in [3.63, 3.8) is 0 Å². The summed E-state index contributed by atoms with van der Waals surface area (Å²) in [6, 6.07) is 15.8. The van der Waals surface area contributed by atoms with Crippen LogP contribution < -0.4 is 5.69 Å². The number of rotatable bonds is 8. The summed E-state index contributed by atoms with van der Waals surface area (Å²) >= 11 is 0. The van der Waals surface area contributed by atoms with E-state index in [0.717, 1.165) is 22.3 Å². The molecule has 0 radical (unpaired) electrons. The van der Waals surface area contributed by atoms with Crippen molar-refractivity contribution in [2.45, 2.75) is 26.3 Å². The van der Waals surface area contributed by atoms with Gasteiger partial charge in [-0.1, -0.05) is 62.4 Å². The third-order valence-corrected chi connectivity index (χ3v) is 6.02. The van der Waals surface area contributed by atoms with Gasteiger partial charge >= 0.3 is 5.69 Å². The largest absolute Gasteiger partial charge is 0.390 e. The second kappa shape index (κ2) is 10.1. The van der Waals surface area contributed by atoms with E-state index in [-0.39, 0.29) is 12.3 Å². The topological polar surface area (TPSA) is 99.4 Å². The van der Waals surface area contributed by atoms with E-state index < -0.39 is 0 Å². The molecule has 2 aromatic heterocycles. The number of aliphatic hydroxyl groups excluding tert-OH is 1. The molecule has 0 bridgehead atoms. The third kappa shape index (κ3) is 4.79. The van der Waals surface area contributed by atoms with Crippen LogP contribution in [0.15, 0.2) is 70.2 Å². The fourth-order valence-electron chi connectivity index (χ4n) is 4.15. The lowest BCUT2D eigenvalue weighted by Gasteiger charge is -2.18. The van der Waals surface area contributed by atoms with Crippen LogP contribution in [0.25, 0.3) is 28.2 Å². The first-order chi connectivity index (χ1) is 16.8. The van der Waals surface area contributed by atoms with E-state index in [0.29, 0.717) is 40.8 Å². The number of nitrogens with one attached hydrogen (secondary N) is 1. The number of aromatic amines is 1. The molecular weight excluding hydrogens is 440 g/mol. The number of benzene rings is 2. The number of hydrogen-bond donors (Lipinski definition) is 2. The molecule has 0 amide bonds. The number of aliphatic hydroxyl groups is 1. The van der Waals surface area contributed by atoms with Crippen LogP contribution in [-0.2, 0) is 6.54 Å². The average Bonchev–Trinajstić information content (AvgIpc) is 3.16. The fraction of sp³-hybridized carbons (Fsp3) is 0.259. The summed E-state index contributed by atoms with van der Waals surface area (Å²) in [5.74, 6) is 0.914. The highest BCUT2D eigenvalue weighted by Gasteiger charge is 2.15. The lowest BCUT2D eigenvalue weighted by molar-refractivity contribution is 0.291. The predicted octanol–water partition coefficient (Wildman–Crippen LogP) is 3.88. The van der Waals surface area contributed by atoms with Crippen LogP contribution in [0.4, 0.5) is 0 Å². The molecule has 0 aliphatic rings. The second-order valence-corrected chi connectivity index (χ2v) is 8.89. The number of aliphatic imine (C=N–C) groups is 1. The van der Waals surface area contributed by atoms with Crippen molar-refractivity contribution in [1.82, 2.24) is 24.4 Å². The van der Waals surface area contributed by atoms with Crippen LogP contribution in [0.5, 0.6) is 0 Å². The summed E-state index contributed by atoms with van der Waals surface area (Å²) in [6.07, 6.45) is 1.67. The van der Waals surface area contributed by atoms with Crippen LogP contribution in [0.2, 0.25) is 0 Å². The van der Waals surface area contributed by atoms with Crippen molar-refractivity contribution < 1.29 is 5.11 Å². The Hall–Kier alpha value is -4.04. The summed E-state index contributed by atoms with van der Waals surface area (Å²) in [7, 11) is 3.70. The van der Waals surface area contributed by atoms with E-state index in [1.54, 1.807) is 10.8 Å². The number of fused-ring (bicyclic) bond motifs is 1. The molecule has 0 saturated carbocycles. The number of aromatic nitrogens is 4. The van der Waals surface area contributed by atoms with Crippen molar-refractivity contribution in [2.24, 2.45) is 4.99 Å². The Morgan fingerprint density at radius 2 is 1.89 bits per heavy atom. The third-order valence-electron chi connectivity index (χ3n) is 6.02. The van der Waals surface area contributed by atoms with Crippen molar-refractivity contribution in [1.29, 1.82) is 0 Å². The normalized spacial score (nSPS) is 12.2. The Morgan fingerprint density at radius 1 is 1.17 bits per heavy atom. The molecule has 4 aromatic rings. The standard InChI is InChI=1S/C27H30N6O2/c1-17(2)20-8-6-7-9-21(20)25-29-14-22-26(31-25)33(27(35)30-22)15-18-10-12-19(13-11-18)24(28-3)23(16-34)32(4)5/h6-14,17,34H,3,15-16H2,1-2,4-5H3,(H,30,35)/b24-23-. The fourth-order valence-corrected chi connectivity index (χ4v) is 4.15. The summed E-state index contributed by atoms with van der Waals surface area (Å²) in [5.41, 5.74) is 6.10. The highest BCUT2D eigenvalue weighted by atomic mass is 16.3. The minimum Gasteiger partial charge on any atom is -0.390 e. The molecule has 0 aliphatic carbocycles. The summed E-state index contributed by atoms with van der Waals surface area (Å²) < 4.78 is 1.62. The molecule has 2 N–H and O–H groups in total. The minimum absolute atomic E-state index is 0.143. The van der Waals surface area contributed by atoms with Gasteiger partial charge in [-0.15, -0.1) is 0 Å². The van der Waals surface area contributed by atoms with E-state index in [9.17, 15) is 9.90 Å². The monoisotopic (exact) mass is 470 g/mol. The second-order valence-electron chi connectivity index (χ2n) is 8.89. The van der Waals surface area contributed by atoms with Gasteiger partial charge in [0.25, 0.3) is 0 Å². The Morgan fingerprint density at radius 3 is 2.51 bits per heavy atom.